The molecule has 0 spiro atoms. The largest absolute Gasteiger partial charge is 0.481 e. The summed E-state index contributed by atoms with van der Waals surface area (Å²) in [4.78, 5) is 10.6. The summed E-state index contributed by atoms with van der Waals surface area (Å²) in [7, 11) is 0. The van der Waals surface area contributed by atoms with Crippen LogP contribution in [0.4, 0.5) is 0 Å². The van der Waals surface area contributed by atoms with Crippen molar-refractivity contribution in [2.75, 3.05) is 0 Å². The van der Waals surface area contributed by atoms with E-state index in [4.69, 9.17) is 5.11 Å². The number of hydrogen-bond acceptors (Lipinski definition) is 1. The van der Waals surface area contributed by atoms with Crippen LogP contribution in [0.15, 0.2) is 18.7 Å². The fourth-order valence-corrected chi connectivity index (χ4v) is 2.01. The molecule has 2 nitrogen and oxygen atoms in total. The first kappa shape index (κ1) is 11.5. The second-order valence-electron chi connectivity index (χ2n) is 3.95. The van der Waals surface area contributed by atoms with Gasteiger partial charge in [0.05, 0.1) is 6.42 Å². The molecule has 0 saturated heterocycles. The van der Waals surface area contributed by atoms with Crippen LogP contribution < -0.4 is 0 Å². The zero-order valence-corrected chi connectivity index (χ0v) is 9.42. The van der Waals surface area contributed by atoms with Gasteiger partial charge in [-0.1, -0.05) is 24.3 Å². The lowest BCUT2D eigenvalue weighted by Gasteiger charge is -2.12. The van der Waals surface area contributed by atoms with Gasteiger partial charge in [-0.15, -0.1) is 0 Å². The molecule has 15 heavy (non-hydrogen) atoms. The topological polar surface area (TPSA) is 37.3 Å². The Morgan fingerprint density at radius 2 is 1.73 bits per heavy atom. The summed E-state index contributed by atoms with van der Waals surface area (Å²) >= 11 is 0. The van der Waals surface area contributed by atoms with Crippen LogP contribution in [-0.4, -0.2) is 11.1 Å². The Bertz CT molecular complexity index is 394. The highest BCUT2D eigenvalue weighted by Gasteiger charge is 2.10. The zero-order chi connectivity index (χ0) is 11.6. The van der Waals surface area contributed by atoms with Crippen LogP contribution in [-0.2, 0) is 4.79 Å². The first-order chi connectivity index (χ1) is 6.91. The van der Waals surface area contributed by atoms with Gasteiger partial charge < -0.3 is 5.11 Å². The molecule has 0 aliphatic heterocycles. The number of carboxylic acid groups (broad SMARTS) is 1. The fraction of sp³-hybridized carbons (Fsp3) is 0.308. The van der Waals surface area contributed by atoms with Crippen molar-refractivity contribution in [3.63, 3.8) is 0 Å². The fourth-order valence-electron chi connectivity index (χ4n) is 2.01. The Kier molecular flexibility index (Phi) is 3.30. The molecule has 0 aromatic heterocycles. The highest BCUT2D eigenvalue weighted by Crippen LogP contribution is 2.25. The average molecular weight is 204 g/mol. The van der Waals surface area contributed by atoms with Crippen molar-refractivity contribution in [3.05, 3.63) is 41.0 Å². The molecule has 0 fully saturated rings. The molecule has 1 N–H and O–H groups in total. The van der Waals surface area contributed by atoms with Gasteiger partial charge in [-0.2, -0.15) is 0 Å². The van der Waals surface area contributed by atoms with Crippen molar-refractivity contribution >= 4 is 11.5 Å². The molecule has 80 valence electrons. The lowest BCUT2D eigenvalue weighted by atomic mass is 9.93. The van der Waals surface area contributed by atoms with E-state index in [1.165, 1.54) is 5.56 Å². The smallest absolute Gasteiger partial charge is 0.307 e. The van der Waals surface area contributed by atoms with Crippen molar-refractivity contribution in [2.45, 2.75) is 27.2 Å². The van der Waals surface area contributed by atoms with E-state index in [0.717, 1.165) is 16.7 Å². The third kappa shape index (κ3) is 2.69. The summed E-state index contributed by atoms with van der Waals surface area (Å²) < 4.78 is 0. The molecular weight excluding hydrogens is 188 g/mol. The number of hydrogen-bond donors (Lipinski definition) is 1. The minimum Gasteiger partial charge on any atom is -0.481 e. The second kappa shape index (κ2) is 4.30. The number of aliphatic carboxylic acids is 1. The summed E-state index contributed by atoms with van der Waals surface area (Å²) in [5, 5.41) is 8.72. The Morgan fingerprint density at radius 1 is 1.27 bits per heavy atom. The molecule has 1 rings (SSSR count). The van der Waals surface area contributed by atoms with E-state index >= 15 is 0 Å². The van der Waals surface area contributed by atoms with Gasteiger partial charge in [-0.25, -0.2) is 0 Å². The van der Waals surface area contributed by atoms with Crippen molar-refractivity contribution < 1.29 is 9.90 Å². The van der Waals surface area contributed by atoms with Crippen LogP contribution in [0, 0.1) is 20.8 Å². The Hall–Kier alpha value is -1.57. The lowest BCUT2D eigenvalue weighted by molar-refractivity contribution is -0.135. The van der Waals surface area contributed by atoms with Crippen molar-refractivity contribution in [2.24, 2.45) is 0 Å². The first-order valence-corrected chi connectivity index (χ1v) is 4.89. The van der Waals surface area contributed by atoms with E-state index < -0.39 is 5.97 Å². The van der Waals surface area contributed by atoms with E-state index in [0.29, 0.717) is 5.57 Å². The van der Waals surface area contributed by atoms with Gasteiger partial charge in [0, 0.05) is 0 Å². The summed E-state index contributed by atoms with van der Waals surface area (Å²) in [5.74, 6) is -0.834. The standard InChI is InChI=1S/C13H16O2/c1-8-5-9(2)13(10(3)6-8)11(4)7-12(14)15/h5-6H,4,7H2,1-3H3,(H,14,15). The predicted octanol–water partition coefficient (Wildman–Crippen LogP) is 3.10. The van der Waals surface area contributed by atoms with Crippen LogP contribution >= 0.6 is 0 Å². The summed E-state index contributed by atoms with van der Waals surface area (Å²) in [6.45, 7) is 9.84. The maximum Gasteiger partial charge on any atom is 0.307 e. The monoisotopic (exact) mass is 204 g/mol. The third-order valence-electron chi connectivity index (χ3n) is 2.40. The number of rotatable bonds is 3. The van der Waals surface area contributed by atoms with Gasteiger partial charge in [0.15, 0.2) is 0 Å². The number of carbonyl (C=O) groups is 1. The Balaban J connectivity index is 3.14. The van der Waals surface area contributed by atoms with E-state index in [9.17, 15) is 4.79 Å². The maximum atomic E-state index is 10.6. The van der Waals surface area contributed by atoms with Crippen LogP contribution in [0.3, 0.4) is 0 Å². The van der Waals surface area contributed by atoms with Gasteiger partial charge in [-0.05, 0) is 43.0 Å². The SMILES string of the molecule is C=C(CC(=O)O)c1c(C)cc(C)cc1C. The van der Waals surface area contributed by atoms with Crippen LogP contribution in [0.5, 0.6) is 0 Å². The number of aryl methyl sites for hydroxylation is 3. The molecule has 0 saturated carbocycles. The number of benzene rings is 1. The molecule has 0 unspecified atom stereocenters. The summed E-state index contributed by atoms with van der Waals surface area (Å²) in [6, 6.07) is 4.10. The minimum absolute atomic E-state index is 0.00470. The molecule has 0 aliphatic rings. The quantitative estimate of drug-likeness (QED) is 0.821. The summed E-state index contributed by atoms with van der Waals surface area (Å²) in [6.07, 6.45) is 0.00470. The Labute approximate surface area is 90.3 Å². The molecule has 0 radical (unpaired) electrons. The lowest BCUT2D eigenvalue weighted by Crippen LogP contribution is -2.00. The molecule has 0 heterocycles. The van der Waals surface area contributed by atoms with Crippen LogP contribution in [0.2, 0.25) is 0 Å². The predicted molar refractivity (Wildman–Crippen MR) is 61.9 cm³/mol. The third-order valence-corrected chi connectivity index (χ3v) is 2.40. The van der Waals surface area contributed by atoms with Crippen molar-refractivity contribution in [3.8, 4) is 0 Å². The molecule has 0 bridgehead atoms. The minimum atomic E-state index is -0.834. The van der Waals surface area contributed by atoms with Gasteiger partial charge in [0.1, 0.15) is 0 Å². The van der Waals surface area contributed by atoms with E-state index in [1.54, 1.807) is 0 Å². The molecule has 0 aliphatic carbocycles. The molecule has 2 heteroatoms. The average Bonchev–Trinajstić information content (AvgIpc) is 1.99. The van der Waals surface area contributed by atoms with Gasteiger partial charge >= 0.3 is 5.97 Å². The van der Waals surface area contributed by atoms with E-state index in [1.807, 2.05) is 20.8 Å². The summed E-state index contributed by atoms with van der Waals surface area (Å²) in [5.41, 5.74) is 5.05. The highest BCUT2D eigenvalue weighted by atomic mass is 16.4. The van der Waals surface area contributed by atoms with Gasteiger partial charge in [0.2, 0.25) is 0 Å². The van der Waals surface area contributed by atoms with Crippen LogP contribution in [0.25, 0.3) is 5.57 Å². The van der Waals surface area contributed by atoms with E-state index in [2.05, 4.69) is 18.7 Å². The molecule has 1 aromatic rings. The highest BCUT2D eigenvalue weighted by molar-refractivity contribution is 5.84. The number of carboxylic acids is 1. The maximum absolute atomic E-state index is 10.6. The van der Waals surface area contributed by atoms with Crippen molar-refractivity contribution in [1.82, 2.24) is 0 Å². The molecular formula is C13H16O2. The second-order valence-corrected chi connectivity index (χ2v) is 3.95. The van der Waals surface area contributed by atoms with Crippen LogP contribution in [0.1, 0.15) is 28.7 Å². The molecule has 1 aromatic carbocycles. The van der Waals surface area contributed by atoms with Gasteiger partial charge in [-0.3, -0.25) is 4.79 Å². The zero-order valence-electron chi connectivity index (χ0n) is 9.42. The molecule has 0 atom stereocenters. The van der Waals surface area contributed by atoms with Gasteiger partial charge in [0.25, 0.3) is 0 Å². The van der Waals surface area contributed by atoms with E-state index in [-0.39, 0.29) is 6.42 Å². The van der Waals surface area contributed by atoms with Crippen molar-refractivity contribution in [1.29, 1.82) is 0 Å². The Morgan fingerprint density at radius 3 is 2.13 bits per heavy atom. The normalized spacial score (nSPS) is 10.1. The molecule has 0 amide bonds. The first-order valence-electron chi connectivity index (χ1n) is 4.89.